The minimum absolute atomic E-state index is 0.116. The van der Waals surface area contributed by atoms with Gasteiger partial charge in [-0.15, -0.1) is 0 Å². The van der Waals surface area contributed by atoms with E-state index in [1.165, 1.54) is 0 Å². The Morgan fingerprint density at radius 1 is 0.826 bits per heavy atom. The molecule has 0 aromatic heterocycles. The largest absolute Gasteiger partial charge is 0.460 e. The van der Waals surface area contributed by atoms with Crippen molar-refractivity contribution in [3.8, 4) is 0 Å². The van der Waals surface area contributed by atoms with Gasteiger partial charge in [-0.1, -0.05) is 13.2 Å². The maximum atomic E-state index is 10.8. The Morgan fingerprint density at radius 2 is 1.35 bits per heavy atom. The number of carbonyl (C=O) groups is 2. The molecule has 0 saturated carbocycles. The first kappa shape index (κ1) is 21.3. The van der Waals surface area contributed by atoms with Crippen molar-refractivity contribution in [3.05, 3.63) is 25.3 Å². The van der Waals surface area contributed by atoms with Crippen LogP contribution in [0.3, 0.4) is 0 Å². The monoisotopic (exact) mass is 330 g/mol. The Morgan fingerprint density at radius 3 is 1.91 bits per heavy atom. The molecule has 0 aromatic rings. The molecule has 7 heteroatoms. The second kappa shape index (κ2) is 13.9. The Balaban J connectivity index is 3.51. The van der Waals surface area contributed by atoms with Gasteiger partial charge in [-0.05, 0) is 13.8 Å². The van der Waals surface area contributed by atoms with Crippen LogP contribution >= 0.6 is 0 Å². The maximum absolute atomic E-state index is 10.8. The first-order valence-electron chi connectivity index (χ1n) is 7.38. The second-order valence-corrected chi connectivity index (χ2v) is 4.64. The Labute approximate surface area is 137 Å². The van der Waals surface area contributed by atoms with Crippen molar-refractivity contribution >= 4 is 11.9 Å². The van der Waals surface area contributed by atoms with Crippen molar-refractivity contribution in [1.82, 2.24) is 0 Å². The number of esters is 2. The molecule has 2 atom stereocenters. The Hall–Kier alpha value is -1.70. The molecule has 2 unspecified atom stereocenters. The highest BCUT2D eigenvalue weighted by Crippen LogP contribution is 1.98. The standard InChI is InChI=1S/C16H26O7/c1-5-15(17)21-8-7-19-11-13(3)23-12-14(4)20-9-10-22-16(18)6-2/h5-6,13-14H,1-2,7-12H2,3-4H3. The van der Waals surface area contributed by atoms with Crippen LogP contribution < -0.4 is 0 Å². The van der Waals surface area contributed by atoms with Gasteiger partial charge in [0, 0.05) is 12.2 Å². The summed E-state index contributed by atoms with van der Waals surface area (Å²) in [5.41, 5.74) is 0. The first-order chi connectivity index (χ1) is 11.0. The zero-order valence-electron chi connectivity index (χ0n) is 13.8. The van der Waals surface area contributed by atoms with Crippen molar-refractivity contribution in [3.63, 3.8) is 0 Å². The molecule has 0 saturated heterocycles. The Kier molecular flexibility index (Phi) is 12.9. The summed E-state index contributed by atoms with van der Waals surface area (Å²) in [5.74, 6) is -0.940. The number of hydrogen-bond acceptors (Lipinski definition) is 7. The summed E-state index contributed by atoms with van der Waals surface area (Å²) in [6, 6.07) is 0. The van der Waals surface area contributed by atoms with Gasteiger partial charge < -0.3 is 23.7 Å². The molecule has 0 aliphatic heterocycles. The molecule has 132 valence electrons. The molecule has 0 aliphatic carbocycles. The summed E-state index contributed by atoms with van der Waals surface area (Å²) >= 11 is 0. The molecule has 0 amide bonds. The number of rotatable bonds is 14. The third kappa shape index (κ3) is 13.7. The van der Waals surface area contributed by atoms with Gasteiger partial charge in [0.25, 0.3) is 0 Å². The van der Waals surface area contributed by atoms with Crippen LogP contribution in [0.2, 0.25) is 0 Å². The van der Waals surface area contributed by atoms with Crippen LogP contribution in [0.25, 0.3) is 0 Å². The van der Waals surface area contributed by atoms with E-state index in [4.69, 9.17) is 23.7 Å². The van der Waals surface area contributed by atoms with Crippen molar-refractivity contribution < 1.29 is 33.3 Å². The van der Waals surface area contributed by atoms with E-state index in [0.29, 0.717) is 26.4 Å². The lowest BCUT2D eigenvalue weighted by Crippen LogP contribution is -2.25. The van der Waals surface area contributed by atoms with Gasteiger partial charge in [0.1, 0.15) is 13.2 Å². The number of ether oxygens (including phenoxy) is 5. The fraction of sp³-hybridized carbons (Fsp3) is 0.625. The summed E-state index contributed by atoms with van der Waals surface area (Å²) in [6.07, 6.45) is 1.96. The van der Waals surface area contributed by atoms with E-state index in [9.17, 15) is 9.59 Å². The molecule has 0 N–H and O–H groups in total. The van der Waals surface area contributed by atoms with Crippen molar-refractivity contribution in [1.29, 1.82) is 0 Å². The van der Waals surface area contributed by atoms with E-state index >= 15 is 0 Å². The quantitative estimate of drug-likeness (QED) is 0.269. The molecule has 0 aromatic carbocycles. The molecule has 7 nitrogen and oxygen atoms in total. The highest BCUT2D eigenvalue weighted by Gasteiger charge is 2.08. The SMILES string of the molecule is C=CC(=O)OCCOCC(C)OCC(C)OCCOC(=O)C=C. The predicted octanol–water partition coefficient (Wildman–Crippen LogP) is 1.27. The molecular formula is C16H26O7. The third-order valence-electron chi connectivity index (χ3n) is 2.50. The zero-order chi connectivity index (χ0) is 17.5. The highest BCUT2D eigenvalue weighted by atomic mass is 16.6. The molecule has 0 rings (SSSR count). The van der Waals surface area contributed by atoms with Crippen molar-refractivity contribution in [2.75, 3.05) is 39.6 Å². The minimum Gasteiger partial charge on any atom is -0.460 e. The Bertz CT molecular complexity index is 367. The van der Waals surface area contributed by atoms with E-state index < -0.39 is 11.9 Å². The van der Waals surface area contributed by atoms with Crippen LogP contribution in [0.4, 0.5) is 0 Å². The van der Waals surface area contributed by atoms with E-state index in [-0.39, 0.29) is 25.4 Å². The number of carbonyl (C=O) groups excluding carboxylic acids is 2. The fourth-order valence-corrected chi connectivity index (χ4v) is 1.36. The molecule has 23 heavy (non-hydrogen) atoms. The molecule has 0 radical (unpaired) electrons. The van der Waals surface area contributed by atoms with Gasteiger partial charge in [0.2, 0.25) is 0 Å². The molecule has 0 spiro atoms. The van der Waals surface area contributed by atoms with Crippen LogP contribution in [-0.2, 0) is 33.3 Å². The van der Waals surface area contributed by atoms with E-state index in [1.54, 1.807) is 0 Å². The van der Waals surface area contributed by atoms with Gasteiger partial charge in [-0.25, -0.2) is 9.59 Å². The molecule has 0 aliphatic rings. The first-order valence-corrected chi connectivity index (χ1v) is 7.38. The molecule has 0 fully saturated rings. The third-order valence-corrected chi connectivity index (χ3v) is 2.50. The topological polar surface area (TPSA) is 80.3 Å². The lowest BCUT2D eigenvalue weighted by molar-refractivity contribution is -0.140. The van der Waals surface area contributed by atoms with E-state index in [1.807, 2.05) is 13.8 Å². The zero-order valence-corrected chi connectivity index (χ0v) is 13.8. The van der Waals surface area contributed by atoms with E-state index in [2.05, 4.69) is 13.2 Å². The van der Waals surface area contributed by atoms with Crippen molar-refractivity contribution in [2.45, 2.75) is 26.1 Å². The predicted molar refractivity (Wildman–Crippen MR) is 84.0 cm³/mol. The van der Waals surface area contributed by atoms with Gasteiger partial charge in [0.15, 0.2) is 0 Å². The maximum Gasteiger partial charge on any atom is 0.330 e. The lowest BCUT2D eigenvalue weighted by Gasteiger charge is -2.17. The lowest BCUT2D eigenvalue weighted by atomic mass is 10.4. The average molecular weight is 330 g/mol. The van der Waals surface area contributed by atoms with E-state index in [0.717, 1.165) is 12.2 Å². The molecule has 0 bridgehead atoms. The summed E-state index contributed by atoms with van der Waals surface area (Å²) in [4.78, 5) is 21.6. The van der Waals surface area contributed by atoms with Crippen LogP contribution in [0.5, 0.6) is 0 Å². The minimum atomic E-state index is -0.470. The van der Waals surface area contributed by atoms with Crippen LogP contribution in [0.15, 0.2) is 25.3 Å². The van der Waals surface area contributed by atoms with Gasteiger partial charge >= 0.3 is 11.9 Å². The molecule has 0 heterocycles. The second-order valence-electron chi connectivity index (χ2n) is 4.64. The highest BCUT2D eigenvalue weighted by molar-refractivity contribution is 5.81. The summed E-state index contributed by atoms with van der Waals surface area (Å²) in [6.45, 7) is 12.0. The number of hydrogen-bond donors (Lipinski definition) is 0. The van der Waals surface area contributed by atoms with Crippen LogP contribution in [-0.4, -0.2) is 63.8 Å². The van der Waals surface area contributed by atoms with Crippen LogP contribution in [0, 0.1) is 0 Å². The van der Waals surface area contributed by atoms with Crippen LogP contribution in [0.1, 0.15) is 13.8 Å². The van der Waals surface area contributed by atoms with Gasteiger partial charge in [-0.3, -0.25) is 0 Å². The normalized spacial score (nSPS) is 13.0. The summed E-state index contributed by atoms with van der Waals surface area (Å²) in [7, 11) is 0. The molecular weight excluding hydrogens is 304 g/mol. The fourth-order valence-electron chi connectivity index (χ4n) is 1.36. The smallest absolute Gasteiger partial charge is 0.330 e. The van der Waals surface area contributed by atoms with Gasteiger partial charge in [0.05, 0.1) is 38.6 Å². The van der Waals surface area contributed by atoms with Crippen molar-refractivity contribution in [2.24, 2.45) is 0 Å². The average Bonchev–Trinajstić information content (AvgIpc) is 2.55. The summed E-state index contributed by atoms with van der Waals surface area (Å²) < 4.78 is 25.8. The van der Waals surface area contributed by atoms with Gasteiger partial charge in [-0.2, -0.15) is 0 Å². The summed E-state index contributed by atoms with van der Waals surface area (Å²) in [5, 5.41) is 0.